The van der Waals surface area contributed by atoms with Gasteiger partial charge in [-0.2, -0.15) is 0 Å². The summed E-state index contributed by atoms with van der Waals surface area (Å²) in [6.07, 6.45) is 2.73. The van der Waals surface area contributed by atoms with E-state index < -0.39 is 0 Å². The zero-order valence-corrected chi connectivity index (χ0v) is 28.3. The van der Waals surface area contributed by atoms with Crippen LogP contribution >= 0.6 is 0 Å². The molecule has 3 aromatic rings. The number of hydrogen-bond acceptors (Lipinski definition) is 2. The average molecular weight is 617 g/mol. The molecule has 0 aromatic heterocycles. The molecule has 1 heterocycles. The van der Waals surface area contributed by atoms with Crippen molar-refractivity contribution in [2.24, 2.45) is 0 Å². The number of piperazine rings is 1. The minimum Gasteiger partial charge on any atom is -0.339 e. The smallest absolute Gasteiger partial charge is 0.254 e. The molecule has 4 rings (SSSR count). The van der Waals surface area contributed by atoms with E-state index in [9.17, 15) is 18.4 Å². The number of unbranched alkanes of at least 4 members (excludes halogenated alkanes) is 1. The molecule has 1 fully saturated rings. The van der Waals surface area contributed by atoms with Gasteiger partial charge in [0.25, 0.3) is 5.91 Å². The van der Waals surface area contributed by atoms with Crippen molar-refractivity contribution in [2.75, 3.05) is 19.6 Å². The fraction of sp³-hybridized carbons (Fsp3) is 0.487. The Bertz CT molecular complexity index is 1400. The van der Waals surface area contributed by atoms with Gasteiger partial charge in [-0.25, -0.2) is 8.78 Å². The molecule has 4 nitrogen and oxygen atoms in total. The van der Waals surface area contributed by atoms with Crippen molar-refractivity contribution in [1.82, 2.24) is 9.80 Å². The number of carbonyl (C=O) groups is 2. The normalized spacial score (nSPS) is 15.9. The maximum atomic E-state index is 13.9. The van der Waals surface area contributed by atoms with E-state index in [0.717, 1.165) is 36.0 Å². The van der Waals surface area contributed by atoms with Gasteiger partial charge in [0, 0.05) is 43.6 Å². The Balaban J connectivity index is 1.37. The quantitative estimate of drug-likeness (QED) is 0.237. The van der Waals surface area contributed by atoms with Crippen molar-refractivity contribution in [2.45, 2.75) is 104 Å². The molecule has 0 saturated carbocycles. The molecule has 1 saturated heterocycles. The predicted molar refractivity (Wildman–Crippen MR) is 179 cm³/mol. The van der Waals surface area contributed by atoms with E-state index in [4.69, 9.17) is 0 Å². The van der Waals surface area contributed by atoms with Crippen molar-refractivity contribution in [3.63, 3.8) is 0 Å². The summed E-state index contributed by atoms with van der Waals surface area (Å²) in [6, 6.07) is 17.0. The maximum absolute atomic E-state index is 13.9. The van der Waals surface area contributed by atoms with E-state index in [0.29, 0.717) is 26.1 Å². The van der Waals surface area contributed by atoms with Gasteiger partial charge >= 0.3 is 0 Å². The topological polar surface area (TPSA) is 40.6 Å². The Hall–Kier alpha value is -3.54. The second-order valence-electron chi connectivity index (χ2n) is 14.8. The molecular formula is C39H50F2N2O2. The molecular weight excluding hydrogens is 566 g/mol. The third-order valence-electron chi connectivity index (χ3n) is 9.19. The largest absolute Gasteiger partial charge is 0.339 e. The summed E-state index contributed by atoms with van der Waals surface area (Å²) >= 11 is 0. The standard InChI is InChI=1S/C39H50F2N2O2/c1-26-25-42(21-22-43(26)37(45)30-23-34(38(3,4)5)27(2)35(24-30)39(6,7)8)36(44)12-10-9-11-33(28-13-17-31(40)18-14-28)29-15-19-32(41)20-16-29/h13-20,23-24,26,33H,9-12,21-22,25H2,1-8H3. The van der Waals surface area contributed by atoms with Gasteiger partial charge in [0.1, 0.15) is 11.6 Å². The predicted octanol–water partition coefficient (Wildman–Crippen LogP) is 8.93. The van der Waals surface area contributed by atoms with Gasteiger partial charge in [-0.1, -0.05) is 72.2 Å². The molecule has 2 amide bonds. The first-order chi connectivity index (χ1) is 21.1. The molecule has 3 aromatic carbocycles. The molecule has 0 aliphatic carbocycles. The van der Waals surface area contributed by atoms with Crippen molar-refractivity contribution in [3.05, 3.63) is 106 Å². The summed E-state index contributed by atoms with van der Waals surface area (Å²) in [5.41, 5.74) is 6.13. The first kappa shape index (κ1) is 34.3. The molecule has 1 atom stereocenters. The zero-order chi connectivity index (χ0) is 33.1. The zero-order valence-electron chi connectivity index (χ0n) is 28.3. The maximum Gasteiger partial charge on any atom is 0.254 e. The van der Waals surface area contributed by atoms with E-state index in [1.807, 2.05) is 16.7 Å². The first-order valence-corrected chi connectivity index (χ1v) is 16.3. The van der Waals surface area contributed by atoms with Crippen LogP contribution in [0.2, 0.25) is 0 Å². The molecule has 0 bridgehead atoms. The molecule has 242 valence electrons. The van der Waals surface area contributed by atoms with E-state index in [1.54, 1.807) is 24.3 Å². The first-order valence-electron chi connectivity index (χ1n) is 16.3. The Labute approximate surface area is 268 Å². The number of amides is 2. The van der Waals surface area contributed by atoms with Gasteiger partial charge in [0.05, 0.1) is 0 Å². The number of benzene rings is 3. The molecule has 6 heteroatoms. The van der Waals surface area contributed by atoms with Gasteiger partial charge in [-0.15, -0.1) is 0 Å². The Morgan fingerprint density at radius 3 is 1.73 bits per heavy atom. The van der Waals surface area contributed by atoms with Crippen LogP contribution < -0.4 is 0 Å². The lowest BCUT2D eigenvalue weighted by atomic mass is 9.75. The van der Waals surface area contributed by atoms with Crippen molar-refractivity contribution >= 4 is 11.8 Å². The van der Waals surface area contributed by atoms with Crippen molar-refractivity contribution in [1.29, 1.82) is 0 Å². The minimum atomic E-state index is -0.290. The van der Waals surface area contributed by atoms with Gasteiger partial charge in [0.15, 0.2) is 0 Å². The highest BCUT2D eigenvalue weighted by Crippen LogP contribution is 2.35. The fourth-order valence-electron chi connectivity index (χ4n) is 6.75. The molecule has 1 aliphatic rings. The van der Waals surface area contributed by atoms with Crippen LogP contribution in [-0.4, -0.2) is 47.3 Å². The lowest BCUT2D eigenvalue weighted by Gasteiger charge is -2.40. The summed E-state index contributed by atoms with van der Waals surface area (Å²) in [5, 5.41) is 0. The van der Waals surface area contributed by atoms with Gasteiger partial charge in [0.2, 0.25) is 5.91 Å². The van der Waals surface area contributed by atoms with Gasteiger partial charge in [-0.05, 0) is 102 Å². The third-order valence-corrected chi connectivity index (χ3v) is 9.19. The van der Waals surface area contributed by atoms with E-state index >= 15 is 0 Å². The molecule has 0 spiro atoms. The molecule has 1 unspecified atom stereocenters. The van der Waals surface area contributed by atoms with Crippen LogP contribution in [0.15, 0.2) is 60.7 Å². The molecule has 1 aliphatic heterocycles. The SMILES string of the molecule is Cc1c(C(C)(C)C)cc(C(=O)N2CCN(C(=O)CCCCC(c3ccc(F)cc3)c3ccc(F)cc3)CC2C)cc1C(C)(C)C. The second-order valence-corrected chi connectivity index (χ2v) is 14.8. The molecule has 45 heavy (non-hydrogen) atoms. The lowest BCUT2D eigenvalue weighted by molar-refractivity contribution is -0.133. The van der Waals surface area contributed by atoms with Crippen LogP contribution in [0.3, 0.4) is 0 Å². The lowest BCUT2D eigenvalue weighted by Crippen LogP contribution is -2.55. The van der Waals surface area contributed by atoms with Crippen LogP contribution in [0.25, 0.3) is 0 Å². The van der Waals surface area contributed by atoms with Crippen LogP contribution in [0.5, 0.6) is 0 Å². The molecule has 0 N–H and O–H groups in total. The minimum absolute atomic E-state index is 0.00439. The average Bonchev–Trinajstić information content (AvgIpc) is 2.97. The number of nitrogens with zero attached hydrogens (tertiary/aromatic N) is 2. The third kappa shape index (κ3) is 8.39. The highest BCUT2D eigenvalue weighted by atomic mass is 19.1. The van der Waals surface area contributed by atoms with Crippen molar-refractivity contribution in [3.8, 4) is 0 Å². The highest BCUT2D eigenvalue weighted by Gasteiger charge is 2.32. The Morgan fingerprint density at radius 1 is 0.800 bits per heavy atom. The Morgan fingerprint density at radius 2 is 1.29 bits per heavy atom. The number of carbonyl (C=O) groups excluding carboxylic acids is 2. The second kappa shape index (κ2) is 13.8. The van der Waals surface area contributed by atoms with E-state index in [-0.39, 0.29) is 46.2 Å². The van der Waals surface area contributed by atoms with Crippen LogP contribution in [0, 0.1) is 18.6 Å². The van der Waals surface area contributed by atoms with Gasteiger partial charge < -0.3 is 9.80 Å². The molecule has 0 radical (unpaired) electrons. The van der Waals surface area contributed by atoms with Crippen LogP contribution in [0.1, 0.15) is 118 Å². The number of halogens is 2. The van der Waals surface area contributed by atoms with Gasteiger partial charge in [-0.3, -0.25) is 9.59 Å². The van der Waals surface area contributed by atoms with E-state index in [1.165, 1.54) is 41.0 Å². The monoisotopic (exact) mass is 616 g/mol. The van der Waals surface area contributed by atoms with E-state index in [2.05, 4.69) is 60.6 Å². The summed E-state index contributed by atoms with van der Waals surface area (Å²) < 4.78 is 27.2. The number of rotatable bonds is 8. The summed E-state index contributed by atoms with van der Waals surface area (Å²) in [6.45, 7) is 18.9. The summed E-state index contributed by atoms with van der Waals surface area (Å²) in [5.74, 6) is -0.453. The Kier molecular flexibility index (Phi) is 10.6. The number of hydrogen-bond donors (Lipinski definition) is 0. The van der Waals surface area contributed by atoms with Crippen LogP contribution in [-0.2, 0) is 15.6 Å². The van der Waals surface area contributed by atoms with Crippen LogP contribution in [0.4, 0.5) is 8.78 Å². The fourth-order valence-corrected chi connectivity index (χ4v) is 6.75. The highest BCUT2D eigenvalue weighted by molar-refractivity contribution is 5.95. The van der Waals surface area contributed by atoms with Crippen molar-refractivity contribution < 1.29 is 18.4 Å². The summed E-state index contributed by atoms with van der Waals surface area (Å²) in [7, 11) is 0. The summed E-state index contributed by atoms with van der Waals surface area (Å²) in [4.78, 5) is 30.9.